The Morgan fingerprint density at radius 2 is 1.58 bits per heavy atom. The highest BCUT2D eigenvalue weighted by atomic mass is 16.5. The number of carboxylic acids is 2. The molecule has 5 heteroatoms. The molecule has 0 fully saturated rings. The topological polar surface area (TPSA) is 83.8 Å². The highest BCUT2D eigenvalue weighted by molar-refractivity contribution is 6.03. The molecule has 0 unspecified atom stereocenters. The van der Waals surface area contributed by atoms with Crippen molar-refractivity contribution in [3.05, 3.63) is 59.2 Å². The highest BCUT2D eigenvalue weighted by Crippen LogP contribution is 2.29. The number of hydrogen-bond acceptors (Lipinski definition) is 3. The predicted molar refractivity (Wildman–Crippen MR) is 90.0 cm³/mol. The van der Waals surface area contributed by atoms with E-state index >= 15 is 0 Å². The standard InChI is InChI=1S/C19H20O5/c1-19(2,3)11-12-7-9-13(10-8-12)24-15-6-4-5-14(17(20)21)16(15)18(22)23/h4-10H,11H2,1-3H3,(H,20,21)(H,22,23). The molecule has 2 rings (SSSR count). The average Bonchev–Trinajstić information content (AvgIpc) is 2.47. The minimum atomic E-state index is -1.34. The molecular formula is C19H20O5. The Kier molecular flexibility index (Phi) is 4.93. The molecule has 0 aliphatic carbocycles. The second-order valence-electron chi connectivity index (χ2n) is 6.77. The van der Waals surface area contributed by atoms with E-state index in [0.29, 0.717) is 5.75 Å². The van der Waals surface area contributed by atoms with Crippen molar-refractivity contribution in [3.63, 3.8) is 0 Å². The molecule has 2 aromatic carbocycles. The summed E-state index contributed by atoms with van der Waals surface area (Å²) in [5.41, 5.74) is 0.648. The number of ether oxygens (including phenoxy) is 1. The van der Waals surface area contributed by atoms with Crippen LogP contribution in [0, 0.1) is 5.41 Å². The fraction of sp³-hybridized carbons (Fsp3) is 0.263. The summed E-state index contributed by atoms with van der Waals surface area (Å²) in [4.78, 5) is 22.6. The number of rotatable bonds is 5. The van der Waals surface area contributed by atoms with Crippen molar-refractivity contribution in [3.8, 4) is 11.5 Å². The molecule has 0 atom stereocenters. The lowest BCUT2D eigenvalue weighted by Crippen LogP contribution is -2.10. The molecule has 0 amide bonds. The zero-order valence-corrected chi connectivity index (χ0v) is 13.9. The van der Waals surface area contributed by atoms with Crippen LogP contribution in [0.2, 0.25) is 0 Å². The molecule has 0 heterocycles. The lowest BCUT2D eigenvalue weighted by Gasteiger charge is -2.18. The Morgan fingerprint density at radius 1 is 0.958 bits per heavy atom. The minimum absolute atomic E-state index is 0.00553. The van der Waals surface area contributed by atoms with Crippen molar-refractivity contribution in [1.29, 1.82) is 0 Å². The van der Waals surface area contributed by atoms with E-state index in [1.54, 1.807) is 12.1 Å². The van der Waals surface area contributed by atoms with Crippen LogP contribution in [0.1, 0.15) is 47.1 Å². The van der Waals surface area contributed by atoms with Gasteiger partial charge in [-0.2, -0.15) is 0 Å². The van der Waals surface area contributed by atoms with Gasteiger partial charge in [-0.05, 0) is 41.7 Å². The smallest absolute Gasteiger partial charge is 0.340 e. The van der Waals surface area contributed by atoms with Crippen molar-refractivity contribution in [2.45, 2.75) is 27.2 Å². The molecule has 0 saturated heterocycles. The van der Waals surface area contributed by atoms with Gasteiger partial charge in [-0.15, -0.1) is 0 Å². The van der Waals surface area contributed by atoms with E-state index in [9.17, 15) is 14.7 Å². The molecule has 0 aromatic heterocycles. The molecule has 0 aliphatic heterocycles. The molecule has 24 heavy (non-hydrogen) atoms. The van der Waals surface area contributed by atoms with Crippen LogP contribution in [-0.4, -0.2) is 22.2 Å². The van der Waals surface area contributed by atoms with Crippen molar-refractivity contribution in [2.75, 3.05) is 0 Å². The molecule has 2 aromatic rings. The summed E-state index contributed by atoms with van der Waals surface area (Å²) in [6.45, 7) is 6.44. The molecular weight excluding hydrogens is 308 g/mol. The summed E-state index contributed by atoms with van der Waals surface area (Å²) < 4.78 is 5.60. The summed E-state index contributed by atoms with van der Waals surface area (Å²) >= 11 is 0. The number of aromatic carboxylic acids is 2. The summed E-state index contributed by atoms with van der Waals surface area (Å²) in [6.07, 6.45) is 0.905. The van der Waals surface area contributed by atoms with Crippen molar-refractivity contribution < 1.29 is 24.5 Å². The van der Waals surface area contributed by atoms with Crippen LogP contribution in [0.5, 0.6) is 11.5 Å². The van der Waals surface area contributed by atoms with Gasteiger partial charge in [0.1, 0.15) is 17.1 Å². The predicted octanol–water partition coefficient (Wildman–Crippen LogP) is 4.46. The van der Waals surface area contributed by atoms with Crippen LogP contribution >= 0.6 is 0 Å². The average molecular weight is 328 g/mol. The van der Waals surface area contributed by atoms with E-state index in [0.717, 1.165) is 12.0 Å². The first-order valence-electron chi connectivity index (χ1n) is 7.54. The lowest BCUT2D eigenvalue weighted by atomic mass is 9.88. The number of carbonyl (C=O) groups is 2. The summed E-state index contributed by atoms with van der Waals surface area (Å²) in [5.74, 6) is -2.19. The fourth-order valence-electron chi connectivity index (χ4n) is 2.43. The molecule has 5 nitrogen and oxygen atoms in total. The van der Waals surface area contributed by atoms with Gasteiger partial charge in [0, 0.05) is 0 Å². The minimum Gasteiger partial charge on any atom is -0.478 e. The number of carboxylic acid groups (broad SMARTS) is 2. The molecule has 0 saturated carbocycles. The van der Waals surface area contributed by atoms with Gasteiger partial charge in [-0.3, -0.25) is 0 Å². The molecule has 126 valence electrons. The maximum atomic E-state index is 11.4. The fourth-order valence-corrected chi connectivity index (χ4v) is 2.43. The summed E-state index contributed by atoms with van der Waals surface area (Å²) in [5, 5.41) is 18.4. The number of hydrogen-bond donors (Lipinski definition) is 2. The zero-order chi connectivity index (χ0) is 17.9. The first kappa shape index (κ1) is 17.5. The largest absolute Gasteiger partial charge is 0.478 e. The first-order chi connectivity index (χ1) is 11.2. The third-order valence-corrected chi connectivity index (χ3v) is 3.36. The Hall–Kier alpha value is -2.82. The Labute approximate surface area is 140 Å². The SMILES string of the molecule is CC(C)(C)Cc1ccc(Oc2cccc(C(=O)O)c2C(=O)O)cc1. The molecule has 0 spiro atoms. The Balaban J connectivity index is 2.30. The summed E-state index contributed by atoms with van der Waals surface area (Å²) in [7, 11) is 0. The van der Waals surface area contributed by atoms with Gasteiger partial charge in [-0.1, -0.05) is 39.0 Å². The van der Waals surface area contributed by atoms with Gasteiger partial charge < -0.3 is 14.9 Å². The third-order valence-electron chi connectivity index (χ3n) is 3.36. The van der Waals surface area contributed by atoms with Crippen molar-refractivity contribution in [1.82, 2.24) is 0 Å². The Morgan fingerprint density at radius 3 is 2.08 bits per heavy atom. The van der Waals surface area contributed by atoms with Crippen LogP contribution in [0.3, 0.4) is 0 Å². The van der Waals surface area contributed by atoms with Crippen LogP contribution in [0.25, 0.3) is 0 Å². The van der Waals surface area contributed by atoms with E-state index in [1.807, 2.05) is 12.1 Å². The van der Waals surface area contributed by atoms with Gasteiger partial charge >= 0.3 is 11.9 Å². The van der Waals surface area contributed by atoms with E-state index in [2.05, 4.69) is 20.8 Å². The van der Waals surface area contributed by atoms with Crippen LogP contribution in [0.4, 0.5) is 0 Å². The van der Waals surface area contributed by atoms with Crippen molar-refractivity contribution >= 4 is 11.9 Å². The zero-order valence-electron chi connectivity index (χ0n) is 13.9. The molecule has 0 bridgehead atoms. The first-order valence-corrected chi connectivity index (χ1v) is 7.54. The van der Waals surface area contributed by atoms with Gasteiger partial charge in [-0.25, -0.2) is 9.59 Å². The quantitative estimate of drug-likeness (QED) is 0.846. The van der Waals surface area contributed by atoms with Gasteiger partial charge in [0.25, 0.3) is 0 Å². The molecule has 0 aliphatic rings. The lowest BCUT2D eigenvalue weighted by molar-refractivity contribution is 0.0649. The van der Waals surface area contributed by atoms with Crippen molar-refractivity contribution in [2.24, 2.45) is 5.41 Å². The van der Waals surface area contributed by atoms with E-state index in [1.165, 1.54) is 18.2 Å². The molecule has 2 N–H and O–H groups in total. The third kappa shape index (κ3) is 4.35. The number of benzene rings is 2. The maximum absolute atomic E-state index is 11.4. The second kappa shape index (κ2) is 6.74. The maximum Gasteiger partial charge on any atom is 0.340 e. The van der Waals surface area contributed by atoms with Gasteiger partial charge in [0.2, 0.25) is 0 Å². The monoisotopic (exact) mass is 328 g/mol. The summed E-state index contributed by atoms with van der Waals surface area (Å²) in [6, 6.07) is 11.5. The van der Waals surface area contributed by atoms with Crippen LogP contribution < -0.4 is 4.74 Å². The van der Waals surface area contributed by atoms with E-state index < -0.39 is 11.9 Å². The highest BCUT2D eigenvalue weighted by Gasteiger charge is 2.21. The second-order valence-corrected chi connectivity index (χ2v) is 6.77. The van der Waals surface area contributed by atoms with E-state index in [4.69, 9.17) is 9.84 Å². The van der Waals surface area contributed by atoms with E-state index in [-0.39, 0.29) is 22.3 Å². The van der Waals surface area contributed by atoms with Gasteiger partial charge in [0.15, 0.2) is 0 Å². The Bertz CT molecular complexity index is 754. The van der Waals surface area contributed by atoms with Crippen LogP contribution in [0.15, 0.2) is 42.5 Å². The molecule has 0 radical (unpaired) electrons. The normalized spacial score (nSPS) is 11.1. The van der Waals surface area contributed by atoms with Crippen LogP contribution in [-0.2, 0) is 6.42 Å². The van der Waals surface area contributed by atoms with Gasteiger partial charge in [0.05, 0.1) is 5.56 Å².